The van der Waals surface area contributed by atoms with Crippen LogP contribution in [0.2, 0.25) is 0 Å². The molecule has 9 N–H and O–H groups in total. The SMILES string of the molecule is CC(C)(C)OC(=O)NCC1(CC(=O)O)CCC(=O)CC1.CC(C)(C)OC(=O)NCC1(CC(=O)O)CCC(NCCS)CC1.NCCSSN.[B]C#N.[H-].[Na+]. The first-order valence-electron chi connectivity index (χ1n) is 17.1. The van der Waals surface area contributed by atoms with E-state index in [1.165, 1.54) is 16.9 Å². The first-order chi connectivity index (χ1) is 24.1. The molecule has 0 bridgehead atoms. The Labute approximate surface area is 354 Å². The Balaban J connectivity index is -0.000000368. The van der Waals surface area contributed by atoms with E-state index in [0.29, 0.717) is 38.3 Å². The molecule has 0 spiro atoms. The third-order valence-corrected chi connectivity index (χ3v) is 9.46. The molecular weight excluding hydrogens is 754 g/mol. The van der Waals surface area contributed by atoms with Gasteiger partial charge in [-0.1, -0.05) is 10.8 Å². The number of nitrogens with one attached hydrogen (secondary N) is 3. The molecule has 0 unspecified atom stereocenters. The summed E-state index contributed by atoms with van der Waals surface area (Å²) in [4.78, 5) is 57.0. The van der Waals surface area contributed by atoms with E-state index >= 15 is 0 Å². The van der Waals surface area contributed by atoms with Crippen molar-refractivity contribution in [3.8, 4) is 5.97 Å². The van der Waals surface area contributed by atoms with E-state index in [1.54, 1.807) is 52.3 Å². The van der Waals surface area contributed by atoms with E-state index in [1.807, 2.05) is 0 Å². The van der Waals surface area contributed by atoms with Crippen molar-refractivity contribution in [3.63, 3.8) is 0 Å². The van der Waals surface area contributed by atoms with Crippen LogP contribution < -0.4 is 56.4 Å². The molecule has 2 fully saturated rings. The van der Waals surface area contributed by atoms with Crippen LogP contribution in [0.3, 0.4) is 0 Å². The fourth-order valence-corrected chi connectivity index (χ4v) is 6.38. The maximum absolute atomic E-state index is 11.8. The number of nitrogens with two attached hydrogens (primary N) is 2. The number of carboxylic acid groups (broad SMARTS) is 2. The van der Waals surface area contributed by atoms with E-state index < -0.39 is 40.7 Å². The second kappa shape index (κ2) is 29.9. The Hall–Kier alpha value is -1.37. The fraction of sp³-hybridized carbons (Fsp3) is 0.818. The van der Waals surface area contributed by atoms with Crippen molar-refractivity contribution in [2.24, 2.45) is 21.7 Å². The summed E-state index contributed by atoms with van der Waals surface area (Å²) < 4.78 is 10.4. The zero-order chi connectivity index (χ0) is 40.4. The number of rotatable bonds is 14. The predicted octanol–water partition coefficient (Wildman–Crippen LogP) is 1.50. The first kappa shape index (κ1) is 56.0. The zero-order valence-electron chi connectivity index (χ0n) is 33.6. The van der Waals surface area contributed by atoms with E-state index in [0.717, 1.165) is 50.3 Å². The van der Waals surface area contributed by atoms with Crippen molar-refractivity contribution in [2.75, 3.05) is 37.7 Å². The van der Waals surface area contributed by atoms with Gasteiger partial charge in [-0.25, -0.2) is 14.9 Å². The normalized spacial score (nSPS) is 18.9. The van der Waals surface area contributed by atoms with Gasteiger partial charge in [-0.2, -0.15) is 12.6 Å². The molecule has 0 aromatic heterocycles. The molecule has 0 aromatic carbocycles. The Bertz CT molecular complexity index is 1130. The summed E-state index contributed by atoms with van der Waals surface area (Å²) in [6, 6.07) is 0.408. The van der Waals surface area contributed by atoms with Crippen molar-refractivity contribution in [1.29, 1.82) is 5.26 Å². The van der Waals surface area contributed by atoms with Crippen LogP contribution in [0, 0.1) is 22.1 Å². The van der Waals surface area contributed by atoms with Gasteiger partial charge < -0.3 is 42.8 Å². The maximum Gasteiger partial charge on any atom is 1.00 e. The number of ether oxygens (including phenoxy) is 2. The zero-order valence-corrected chi connectivity index (χ0v) is 37.1. The number of amides is 2. The number of nitrogens with zero attached hydrogens (tertiary/aromatic N) is 1. The van der Waals surface area contributed by atoms with Gasteiger partial charge in [-0.3, -0.25) is 19.5 Å². The minimum Gasteiger partial charge on any atom is -1.00 e. The number of ketones is 1. The Kier molecular flexibility index (Phi) is 31.5. The second-order valence-corrected chi connectivity index (χ2v) is 17.2. The average Bonchev–Trinajstić information content (AvgIpc) is 3.02. The Morgan fingerprint density at radius 2 is 1.34 bits per heavy atom. The van der Waals surface area contributed by atoms with Gasteiger partial charge in [0.1, 0.15) is 17.0 Å². The topological polar surface area (TPSA) is 256 Å². The van der Waals surface area contributed by atoms with Gasteiger partial charge in [0.25, 0.3) is 0 Å². The third kappa shape index (κ3) is 31.5. The van der Waals surface area contributed by atoms with Crippen LogP contribution in [-0.2, 0) is 23.9 Å². The summed E-state index contributed by atoms with van der Waals surface area (Å²) in [6.45, 7) is 12.8. The number of alkyl carbamates (subject to hydrolysis) is 2. The molecule has 0 saturated heterocycles. The molecule has 300 valence electrons. The average molecular weight is 817 g/mol. The summed E-state index contributed by atoms with van der Waals surface area (Å²) in [7, 11) is 6.99. The van der Waals surface area contributed by atoms with Crippen LogP contribution in [-0.4, -0.2) is 103 Å². The molecule has 0 aliphatic heterocycles. The van der Waals surface area contributed by atoms with Crippen molar-refractivity contribution in [1.82, 2.24) is 16.0 Å². The van der Waals surface area contributed by atoms with Gasteiger partial charge in [0, 0.05) is 56.6 Å². The van der Waals surface area contributed by atoms with Crippen molar-refractivity contribution < 1.29 is 74.6 Å². The van der Waals surface area contributed by atoms with Gasteiger partial charge in [0.05, 0.1) is 12.8 Å². The molecule has 2 amide bonds. The molecule has 0 heterocycles. The van der Waals surface area contributed by atoms with Gasteiger partial charge in [-0.15, -0.1) is 0 Å². The van der Waals surface area contributed by atoms with Crippen LogP contribution in [0.5, 0.6) is 0 Å². The Morgan fingerprint density at radius 3 is 1.64 bits per heavy atom. The largest absolute Gasteiger partial charge is 1.00 e. The number of thiol groups is 1. The molecule has 0 aromatic rings. The van der Waals surface area contributed by atoms with Crippen LogP contribution >= 0.6 is 34.4 Å². The number of carboxylic acids is 2. The molecular formula is C33H62BN6NaO9S3. The number of carbonyl (C=O) groups excluding carboxylic acids is 3. The number of carbonyl (C=O) groups is 5. The molecule has 2 saturated carbocycles. The molecule has 53 heavy (non-hydrogen) atoms. The van der Waals surface area contributed by atoms with Crippen molar-refractivity contribution >= 4 is 72.2 Å². The van der Waals surface area contributed by atoms with Crippen LogP contribution in [0.4, 0.5) is 9.59 Å². The summed E-state index contributed by atoms with van der Waals surface area (Å²) >= 11 is 4.19. The summed E-state index contributed by atoms with van der Waals surface area (Å²) in [5.41, 5.74) is 3.05. The van der Waals surface area contributed by atoms with Gasteiger partial charge in [0.2, 0.25) is 7.85 Å². The van der Waals surface area contributed by atoms with Gasteiger partial charge >= 0.3 is 53.7 Å². The number of aliphatic carboxylic acids is 2. The second-order valence-electron chi connectivity index (χ2n) is 14.7. The minimum absolute atomic E-state index is 0. The van der Waals surface area contributed by atoms with Crippen molar-refractivity contribution in [3.05, 3.63) is 0 Å². The minimum atomic E-state index is -0.912. The quantitative estimate of drug-likeness (QED) is 0.0407. The Morgan fingerprint density at radius 1 is 0.943 bits per heavy atom. The van der Waals surface area contributed by atoms with Crippen LogP contribution in [0.25, 0.3) is 0 Å². The monoisotopic (exact) mass is 816 g/mol. The van der Waals surface area contributed by atoms with Crippen LogP contribution in [0.1, 0.15) is 107 Å². The standard InChI is InChI=1S/C16H30N2O4S.C14H23NO5.C2H8N2S2.CBN.Na.H/c1-15(2,3)22-14(21)18-11-16(10-13(19)20)6-4-12(5-7-16)17-8-9-23;1-13(2,3)20-12(19)15-9-14(8-11(17)18)6-4-10(16)5-7-14;3-1-2-5-6-4;2-1-3;;/h12,17,23H,4-11H2,1-3H3,(H,18,21)(H,19,20);4-9H2,1-3H3,(H,15,19)(H,17,18);1-4H2;;;/q;;;;+1;-1. The number of hydrogen-bond acceptors (Lipinski definition) is 14. The van der Waals surface area contributed by atoms with Gasteiger partial charge in [0.15, 0.2) is 0 Å². The van der Waals surface area contributed by atoms with Crippen LogP contribution in [0.15, 0.2) is 0 Å². The smallest absolute Gasteiger partial charge is 1.00 e. The van der Waals surface area contributed by atoms with E-state index in [-0.39, 0.29) is 61.6 Å². The van der Waals surface area contributed by atoms with Crippen molar-refractivity contribution in [2.45, 2.75) is 123 Å². The molecule has 2 radical (unpaired) electrons. The molecule has 2 aliphatic carbocycles. The van der Waals surface area contributed by atoms with Gasteiger partial charge in [-0.05, 0) is 108 Å². The molecule has 0 atom stereocenters. The number of Topliss-reactive ketones (excluding diaryl/α,β-unsaturated/α-hetero) is 1. The number of hydrogen-bond donors (Lipinski definition) is 8. The van der Waals surface area contributed by atoms with E-state index in [4.69, 9.17) is 30.7 Å². The maximum atomic E-state index is 11.8. The summed E-state index contributed by atoms with van der Waals surface area (Å²) in [5.74, 6) is 1.41. The molecule has 15 nitrogen and oxygen atoms in total. The molecule has 2 aliphatic rings. The number of nitriles is 1. The summed E-state index contributed by atoms with van der Waals surface area (Å²) in [5, 5.41) is 39.2. The fourth-order valence-electron chi connectivity index (χ4n) is 5.48. The first-order valence-corrected chi connectivity index (χ1v) is 20.1. The van der Waals surface area contributed by atoms with E-state index in [2.05, 4.69) is 36.4 Å². The summed E-state index contributed by atoms with van der Waals surface area (Å²) in [6.07, 6.45) is 4.11. The predicted molar refractivity (Wildman–Crippen MR) is 211 cm³/mol. The third-order valence-electron chi connectivity index (χ3n) is 7.79. The van der Waals surface area contributed by atoms with E-state index in [9.17, 15) is 29.1 Å². The molecule has 20 heteroatoms. The molecule has 2 rings (SSSR count).